The first-order chi connectivity index (χ1) is 4.46. The molecule has 0 aromatic heterocycles. The molecule has 10 heavy (non-hydrogen) atoms. The molecular weight excluding hydrogens is 136 g/mol. The molecule has 1 atom stereocenters. The van der Waals surface area contributed by atoms with E-state index in [9.17, 15) is 14.4 Å². The molecule has 0 aromatic carbocycles. The summed E-state index contributed by atoms with van der Waals surface area (Å²) in [5.74, 6) is -2.70. The van der Waals surface area contributed by atoms with E-state index >= 15 is 0 Å². The van der Waals surface area contributed by atoms with E-state index in [-0.39, 0.29) is 0 Å². The zero-order valence-corrected chi connectivity index (χ0v) is 5.46. The first kappa shape index (κ1) is 8.77. The maximum atomic E-state index is 10.5. The standard InChI is InChI=1S/C5H8N2O3/c1-2(8)4(9)3(6)5(7)10/h3H,6H2,1H3,(H2,7,10). The van der Waals surface area contributed by atoms with Crippen molar-refractivity contribution in [3.05, 3.63) is 0 Å². The van der Waals surface area contributed by atoms with Gasteiger partial charge < -0.3 is 11.5 Å². The SMILES string of the molecule is CC(=O)C(=O)C(N)C(N)=O. The zero-order chi connectivity index (χ0) is 8.31. The minimum Gasteiger partial charge on any atom is -0.368 e. The Bertz CT molecular complexity index is 187. The second kappa shape index (κ2) is 3.07. The van der Waals surface area contributed by atoms with Gasteiger partial charge in [-0.2, -0.15) is 0 Å². The fraction of sp³-hybridized carbons (Fsp3) is 0.400. The van der Waals surface area contributed by atoms with E-state index in [1.165, 1.54) is 0 Å². The molecule has 0 saturated carbocycles. The summed E-state index contributed by atoms with van der Waals surface area (Å²) in [6, 6.07) is -1.49. The third-order valence-electron chi connectivity index (χ3n) is 0.936. The second-order valence-corrected chi connectivity index (χ2v) is 1.80. The van der Waals surface area contributed by atoms with Gasteiger partial charge in [0.15, 0.2) is 11.8 Å². The van der Waals surface area contributed by atoms with Crippen LogP contribution in [-0.4, -0.2) is 23.5 Å². The molecule has 0 aliphatic heterocycles. The highest BCUT2D eigenvalue weighted by molar-refractivity contribution is 6.42. The van der Waals surface area contributed by atoms with Crippen LogP contribution in [0.1, 0.15) is 6.92 Å². The van der Waals surface area contributed by atoms with E-state index in [0.29, 0.717) is 0 Å². The van der Waals surface area contributed by atoms with Crippen molar-refractivity contribution < 1.29 is 14.4 Å². The summed E-state index contributed by atoms with van der Waals surface area (Å²) in [4.78, 5) is 30.9. The van der Waals surface area contributed by atoms with Gasteiger partial charge in [0.05, 0.1) is 0 Å². The molecule has 0 saturated heterocycles. The van der Waals surface area contributed by atoms with Crippen molar-refractivity contribution in [2.75, 3.05) is 0 Å². The highest BCUT2D eigenvalue weighted by Gasteiger charge is 2.22. The maximum Gasteiger partial charge on any atom is 0.242 e. The molecule has 1 amide bonds. The minimum absolute atomic E-state index is 0.758. The Morgan fingerprint density at radius 1 is 1.30 bits per heavy atom. The Hall–Kier alpha value is -1.23. The van der Waals surface area contributed by atoms with Crippen molar-refractivity contribution in [3.63, 3.8) is 0 Å². The molecule has 4 N–H and O–H groups in total. The molecule has 0 radical (unpaired) electrons. The Kier molecular flexibility index (Phi) is 2.69. The van der Waals surface area contributed by atoms with Gasteiger partial charge >= 0.3 is 0 Å². The molecule has 1 unspecified atom stereocenters. The van der Waals surface area contributed by atoms with E-state index in [0.717, 1.165) is 6.92 Å². The van der Waals surface area contributed by atoms with Crippen LogP contribution in [0, 0.1) is 0 Å². The van der Waals surface area contributed by atoms with Crippen molar-refractivity contribution in [2.45, 2.75) is 13.0 Å². The molecule has 0 aromatic rings. The van der Waals surface area contributed by atoms with Gasteiger partial charge in [-0.15, -0.1) is 0 Å². The van der Waals surface area contributed by atoms with E-state index < -0.39 is 23.5 Å². The van der Waals surface area contributed by atoms with Crippen molar-refractivity contribution in [3.8, 4) is 0 Å². The highest BCUT2D eigenvalue weighted by Crippen LogP contribution is 1.81. The van der Waals surface area contributed by atoms with E-state index in [2.05, 4.69) is 5.73 Å². The Morgan fingerprint density at radius 3 is 1.80 bits per heavy atom. The van der Waals surface area contributed by atoms with Crippen LogP contribution in [0.3, 0.4) is 0 Å². The number of hydrogen-bond donors (Lipinski definition) is 2. The van der Waals surface area contributed by atoms with Gasteiger partial charge in [0.25, 0.3) is 0 Å². The predicted molar refractivity (Wildman–Crippen MR) is 32.9 cm³/mol. The summed E-state index contributed by atoms with van der Waals surface area (Å²) in [5.41, 5.74) is 9.55. The molecule has 0 aliphatic rings. The molecule has 5 heteroatoms. The Balaban J connectivity index is 4.22. The first-order valence-corrected chi connectivity index (χ1v) is 2.56. The predicted octanol–water partition coefficient (Wildman–Crippen LogP) is -2.04. The van der Waals surface area contributed by atoms with Crippen LogP contribution in [0.2, 0.25) is 0 Å². The zero-order valence-electron chi connectivity index (χ0n) is 5.46. The van der Waals surface area contributed by atoms with Crippen LogP contribution < -0.4 is 11.5 Å². The topological polar surface area (TPSA) is 103 Å². The molecular formula is C5H8N2O3. The second-order valence-electron chi connectivity index (χ2n) is 1.80. The van der Waals surface area contributed by atoms with Gasteiger partial charge in [0.2, 0.25) is 11.7 Å². The summed E-state index contributed by atoms with van der Waals surface area (Å²) in [7, 11) is 0. The maximum absolute atomic E-state index is 10.5. The number of nitrogens with two attached hydrogens (primary N) is 2. The van der Waals surface area contributed by atoms with Crippen LogP contribution in [0.25, 0.3) is 0 Å². The molecule has 56 valence electrons. The van der Waals surface area contributed by atoms with Gasteiger partial charge in [0.1, 0.15) is 0 Å². The van der Waals surface area contributed by atoms with Crippen molar-refractivity contribution in [1.82, 2.24) is 0 Å². The van der Waals surface area contributed by atoms with Gasteiger partial charge in [-0.3, -0.25) is 14.4 Å². The molecule has 0 rings (SSSR count). The average Bonchev–Trinajstić information content (AvgIpc) is 1.84. The largest absolute Gasteiger partial charge is 0.368 e. The number of primary amides is 1. The van der Waals surface area contributed by atoms with E-state index in [4.69, 9.17) is 5.73 Å². The van der Waals surface area contributed by atoms with Gasteiger partial charge in [-0.05, 0) is 0 Å². The smallest absolute Gasteiger partial charge is 0.242 e. The number of hydrogen-bond acceptors (Lipinski definition) is 4. The fourth-order valence-electron chi connectivity index (χ4n) is 0.348. The third kappa shape index (κ3) is 1.94. The lowest BCUT2D eigenvalue weighted by atomic mass is 10.1. The van der Waals surface area contributed by atoms with E-state index in [1.807, 2.05) is 0 Å². The summed E-state index contributed by atoms with van der Waals surface area (Å²) >= 11 is 0. The lowest BCUT2D eigenvalue weighted by Crippen LogP contribution is -2.45. The summed E-state index contributed by atoms with van der Waals surface area (Å²) in [6.45, 7) is 1.03. The lowest BCUT2D eigenvalue weighted by molar-refractivity contribution is -0.138. The van der Waals surface area contributed by atoms with Crippen LogP contribution in [0.4, 0.5) is 0 Å². The average molecular weight is 144 g/mol. The number of carbonyl (C=O) groups is 3. The molecule has 0 aliphatic carbocycles. The van der Waals surface area contributed by atoms with E-state index in [1.54, 1.807) is 0 Å². The quantitative estimate of drug-likeness (QED) is 0.351. The third-order valence-corrected chi connectivity index (χ3v) is 0.936. The fourth-order valence-corrected chi connectivity index (χ4v) is 0.348. The van der Waals surface area contributed by atoms with Crippen molar-refractivity contribution in [2.24, 2.45) is 11.5 Å². The number of Topliss-reactive ketones (excluding diaryl/α,β-unsaturated/α-hetero) is 2. The van der Waals surface area contributed by atoms with Crippen LogP contribution in [0.5, 0.6) is 0 Å². The minimum atomic E-state index is -1.49. The molecule has 0 fully saturated rings. The summed E-state index contributed by atoms with van der Waals surface area (Å²) in [5, 5.41) is 0. The van der Waals surface area contributed by atoms with Gasteiger partial charge in [-0.1, -0.05) is 0 Å². The number of carbonyl (C=O) groups excluding carboxylic acids is 3. The van der Waals surface area contributed by atoms with Crippen LogP contribution in [0.15, 0.2) is 0 Å². The Labute approximate surface area is 57.4 Å². The van der Waals surface area contributed by atoms with Gasteiger partial charge in [0, 0.05) is 6.92 Å². The molecule has 5 nitrogen and oxygen atoms in total. The van der Waals surface area contributed by atoms with Crippen LogP contribution >= 0.6 is 0 Å². The summed E-state index contributed by atoms with van der Waals surface area (Å²) < 4.78 is 0. The highest BCUT2D eigenvalue weighted by atomic mass is 16.2. The molecule has 0 spiro atoms. The van der Waals surface area contributed by atoms with Gasteiger partial charge in [-0.25, -0.2) is 0 Å². The normalized spacial score (nSPS) is 12.2. The number of rotatable bonds is 3. The summed E-state index contributed by atoms with van der Waals surface area (Å²) in [6.07, 6.45) is 0. The number of amides is 1. The lowest BCUT2D eigenvalue weighted by Gasteiger charge is -2.00. The number of ketones is 2. The first-order valence-electron chi connectivity index (χ1n) is 2.56. The Morgan fingerprint density at radius 2 is 1.70 bits per heavy atom. The monoisotopic (exact) mass is 144 g/mol. The van der Waals surface area contributed by atoms with Crippen LogP contribution in [-0.2, 0) is 14.4 Å². The molecule has 0 bridgehead atoms. The molecule has 0 heterocycles. The van der Waals surface area contributed by atoms with Crippen molar-refractivity contribution in [1.29, 1.82) is 0 Å². The van der Waals surface area contributed by atoms with Crippen molar-refractivity contribution >= 4 is 17.5 Å².